The zero-order chi connectivity index (χ0) is 17.8. The van der Waals surface area contributed by atoms with Crippen molar-refractivity contribution in [2.75, 3.05) is 19.6 Å². The summed E-state index contributed by atoms with van der Waals surface area (Å²) in [6.45, 7) is 4.06. The van der Waals surface area contributed by atoms with E-state index in [0.717, 1.165) is 25.8 Å². The average Bonchev–Trinajstić information content (AvgIpc) is 2.67. The molecule has 2 fully saturated rings. The molecule has 2 amide bonds. The predicted octanol–water partition coefficient (Wildman–Crippen LogP) is 3.47. The normalized spacial score (nSPS) is 22.1. The Hall–Kier alpha value is -1.91. The lowest BCUT2D eigenvalue weighted by Gasteiger charge is -2.39. The van der Waals surface area contributed by atoms with Crippen LogP contribution in [0.15, 0.2) is 24.3 Å². The number of likely N-dealkylation sites (tertiary alicyclic amines) is 2. The fraction of sp³-hybridized carbons (Fsp3) is 0.600. The molecular weight excluding hydrogens is 319 g/mol. The molecule has 0 N–H and O–H groups in total. The lowest BCUT2D eigenvalue weighted by Crippen LogP contribution is -2.49. The van der Waals surface area contributed by atoms with Crippen molar-refractivity contribution in [3.05, 3.63) is 35.6 Å². The Balaban J connectivity index is 1.59. The summed E-state index contributed by atoms with van der Waals surface area (Å²) >= 11 is 0. The highest BCUT2D eigenvalue weighted by atomic mass is 19.1. The van der Waals surface area contributed by atoms with Crippen molar-refractivity contribution in [1.82, 2.24) is 9.80 Å². The van der Waals surface area contributed by atoms with Gasteiger partial charge in [-0.2, -0.15) is 0 Å². The zero-order valence-electron chi connectivity index (χ0n) is 14.9. The molecule has 3 rings (SSSR count). The first-order valence-electron chi connectivity index (χ1n) is 9.46. The highest BCUT2D eigenvalue weighted by Crippen LogP contribution is 2.26. The third-order valence-corrected chi connectivity index (χ3v) is 5.62. The maximum Gasteiger partial charge on any atom is 0.256 e. The molecular formula is C20H27FN2O2. The molecule has 0 bridgehead atoms. The molecule has 1 unspecified atom stereocenters. The molecule has 0 aromatic heterocycles. The Morgan fingerprint density at radius 2 is 1.80 bits per heavy atom. The topological polar surface area (TPSA) is 40.6 Å². The first-order valence-corrected chi connectivity index (χ1v) is 9.46. The standard InChI is InChI=1S/C20H27FN2O2/c1-2-16-7-5-6-12-23(16)19(24)15-10-13-22(14-11-15)20(25)17-8-3-4-9-18(17)21/h3-4,8-9,15-16H,2,5-7,10-14H2,1H3. The molecule has 4 nitrogen and oxygen atoms in total. The minimum atomic E-state index is -0.482. The summed E-state index contributed by atoms with van der Waals surface area (Å²) in [6, 6.07) is 6.46. The van der Waals surface area contributed by atoms with Crippen LogP contribution in [0, 0.1) is 11.7 Å². The van der Waals surface area contributed by atoms with Gasteiger partial charge in [-0.05, 0) is 50.7 Å². The number of nitrogens with zero attached hydrogens (tertiary/aromatic N) is 2. The third-order valence-electron chi connectivity index (χ3n) is 5.62. The van der Waals surface area contributed by atoms with Crippen LogP contribution < -0.4 is 0 Å². The van der Waals surface area contributed by atoms with E-state index >= 15 is 0 Å². The summed E-state index contributed by atoms with van der Waals surface area (Å²) in [4.78, 5) is 29.1. The lowest BCUT2D eigenvalue weighted by atomic mass is 9.91. The van der Waals surface area contributed by atoms with Gasteiger partial charge in [0.2, 0.25) is 5.91 Å². The number of hydrogen-bond acceptors (Lipinski definition) is 2. The van der Waals surface area contributed by atoms with Crippen LogP contribution >= 0.6 is 0 Å². The number of carbonyl (C=O) groups excluding carboxylic acids is 2. The van der Waals surface area contributed by atoms with Crippen molar-refractivity contribution < 1.29 is 14.0 Å². The monoisotopic (exact) mass is 346 g/mol. The third kappa shape index (κ3) is 3.86. The zero-order valence-corrected chi connectivity index (χ0v) is 14.9. The summed E-state index contributed by atoms with van der Waals surface area (Å²) < 4.78 is 13.8. The molecule has 2 saturated heterocycles. The Kier molecular flexibility index (Phi) is 5.71. The number of hydrogen-bond donors (Lipinski definition) is 0. The first kappa shape index (κ1) is 17.9. The van der Waals surface area contributed by atoms with Crippen LogP contribution in [-0.4, -0.2) is 47.3 Å². The van der Waals surface area contributed by atoms with Crippen LogP contribution in [-0.2, 0) is 4.79 Å². The van der Waals surface area contributed by atoms with E-state index in [9.17, 15) is 14.0 Å². The quantitative estimate of drug-likeness (QED) is 0.841. The lowest BCUT2D eigenvalue weighted by molar-refractivity contribution is -0.140. The minimum absolute atomic E-state index is 0.00294. The van der Waals surface area contributed by atoms with Crippen LogP contribution in [0.25, 0.3) is 0 Å². The highest BCUT2D eigenvalue weighted by Gasteiger charge is 2.34. The molecule has 0 aliphatic carbocycles. The average molecular weight is 346 g/mol. The smallest absolute Gasteiger partial charge is 0.256 e. The number of piperidine rings is 2. The van der Waals surface area contributed by atoms with Gasteiger partial charge in [-0.1, -0.05) is 19.1 Å². The van der Waals surface area contributed by atoms with Crippen molar-refractivity contribution in [1.29, 1.82) is 0 Å². The summed E-state index contributed by atoms with van der Waals surface area (Å²) in [5, 5.41) is 0. The fourth-order valence-electron chi connectivity index (χ4n) is 4.08. The molecule has 2 heterocycles. The van der Waals surface area contributed by atoms with Crippen LogP contribution in [0.4, 0.5) is 4.39 Å². The van der Waals surface area contributed by atoms with Crippen molar-refractivity contribution in [2.45, 2.75) is 51.5 Å². The number of amides is 2. The number of carbonyl (C=O) groups is 2. The van der Waals surface area contributed by atoms with Crippen molar-refractivity contribution in [2.24, 2.45) is 5.92 Å². The van der Waals surface area contributed by atoms with Gasteiger partial charge in [-0.15, -0.1) is 0 Å². The predicted molar refractivity (Wildman–Crippen MR) is 94.7 cm³/mol. The van der Waals surface area contributed by atoms with Gasteiger partial charge in [0.25, 0.3) is 5.91 Å². The highest BCUT2D eigenvalue weighted by molar-refractivity contribution is 5.94. The van der Waals surface area contributed by atoms with E-state index in [1.165, 1.54) is 18.6 Å². The van der Waals surface area contributed by atoms with Crippen LogP contribution in [0.2, 0.25) is 0 Å². The maximum atomic E-state index is 13.8. The van der Waals surface area contributed by atoms with Gasteiger partial charge in [-0.3, -0.25) is 9.59 Å². The number of benzene rings is 1. The van der Waals surface area contributed by atoms with E-state index < -0.39 is 5.82 Å². The Labute approximate surface area is 149 Å². The van der Waals surface area contributed by atoms with E-state index in [4.69, 9.17) is 0 Å². The minimum Gasteiger partial charge on any atom is -0.339 e. The Morgan fingerprint density at radius 1 is 1.08 bits per heavy atom. The summed E-state index contributed by atoms with van der Waals surface area (Å²) in [7, 11) is 0. The van der Waals surface area contributed by atoms with Gasteiger partial charge in [0.05, 0.1) is 5.56 Å². The van der Waals surface area contributed by atoms with Gasteiger partial charge in [-0.25, -0.2) is 4.39 Å². The van der Waals surface area contributed by atoms with Crippen LogP contribution in [0.5, 0.6) is 0 Å². The molecule has 2 aliphatic rings. The van der Waals surface area contributed by atoms with Gasteiger partial charge in [0, 0.05) is 31.6 Å². The first-order chi connectivity index (χ1) is 12.1. The van der Waals surface area contributed by atoms with Crippen molar-refractivity contribution in [3.63, 3.8) is 0 Å². The second kappa shape index (κ2) is 7.98. The van der Waals surface area contributed by atoms with E-state index in [2.05, 4.69) is 11.8 Å². The molecule has 136 valence electrons. The molecule has 25 heavy (non-hydrogen) atoms. The Morgan fingerprint density at radius 3 is 2.48 bits per heavy atom. The van der Waals surface area contributed by atoms with E-state index in [0.29, 0.717) is 32.0 Å². The molecule has 0 spiro atoms. The molecule has 1 aromatic rings. The molecule has 0 radical (unpaired) electrons. The van der Waals surface area contributed by atoms with Crippen molar-refractivity contribution in [3.8, 4) is 0 Å². The molecule has 5 heteroatoms. The summed E-state index contributed by atoms with van der Waals surface area (Å²) in [6.07, 6.45) is 5.76. The molecule has 0 saturated carbocycles. The largest absolute Gasteiger partial charge is 0.339 e. The summed E-state index contributed by atoms with van der Waals surface area (Å²) in [5.74, 6) is -0.500. The Bertz CT molecular complexity index is 626. The van der Waals surface area contributed by atoms with Gasteiger partial charge in [0.1, 0.15) is 5.82 Å². The van der Waals surface area contributed by atoms with Gasteiger partial charge >= 0.3 is 0 Å². The fourth-order valence-corrected chi connectivity index (χ4v) is 4.08. The van der Waals surface area contributed by atoms with Gasteiger partial charge in [0.15, 0.2) is 0 Å². The maximum absolute atomic E-state index is 13.8. The number of rotatable bonds is 3. The SMILES string of the molecule is CCC1CCCCN1C(=O)C1CCN(C(=O)c2ccccc2F)CC1. The van der Waals surface area contributed by atoms with E-state index in [-0.39, 0.29) is 23.3 Å². The van der Waals surface area contributed by atoms with E-state index in [1.807, 2.05) is 0 Å². The second-order valence-corrected chi connectivity index (χ2v) is 7.14. The molecule has 1 atom stereocenters. The molecule has 1 aromatic carbocycles. The van der Waals surface area contributed by atoms with Crippen molar-refractivity contribution >= 4 is 11.8 Å². The van der Waals surface area contributed by atoms with Gasteiger partial charge < -0.3 is 9.80 Å². The second-order valence-electron chi connectivity index (χ2n) is 7.14. The summed E-state index contributed by atoms with van der Waals surface area (Å²) in [5.41, 5.74) is 0.120. The molecule has 2 aliphatic heterocycles. The van der Waals surface area contributed by atoms with Crippen LogP contribution in [0.3, 0.4) is 0 Å². The van der Waals surface area contributed by atoms with Crippen LogP contribution in [0.1, 0.15) is 55.8 Å². The van der Waals surface area contributed by atoms with E-state index in [1.54, 1.807) is 17.0 Å². The number of halogens is 1.